The molecule has 2 saturated heterocycles. The summed E-state index contributed by atoms with van der Waals surface area (Å²) in [5, 5.41) is 4.09. The standard InChI is InChI=1S/C14H17Cl2N3O2/c1-21-13-5-11(15)9(4-12(13)16)7-18-2-3-19-10(8-18)6-17-14(19)20/h4-5,10H,2-3,6-8H2,1H3,(H,17,20). The van der Waals surface area contributed by atoms with E-state index in [-0.39, 0.29) is 12.1 Å². The number of benzene rings is 1. The number of carbonyl (C=O) groups is 1. The van der Waals surface area contributed by atoms with Gasteiger partial charge >= 0.3 is 6.03 Å². The van der Waals surface area contributed by atoms with Crippen molar-refractivity contribution in [1.82, 2.24) is 15.1 Å². The molecule has 0 spiro atoms. The van der Waals surface area contributed by atoms with Crippen molar-refractivity contribution in [2.75, 3.05) is 33.3 Å². The van der Waals surface area contributed by atoms with E-state index in [0.717, 1.165) is 31.7 Å². The van der Waals surface area contributed by atoms with E-state index in [1.165, 1.54) is 0 Å². The van der Waals surface area contributed by atoms with Gasteiger partial charge in [0.25, 0.3) is 0 Å². The van der Waals surface area contributed by atoms with Gasteiger partial charge in [0.15, 0.2) is 0 Å². The van der Waals surface area contributed by atoms with E-state index >= 15 is 0 Å². The van der Waals surface area contributed by atoms with Gasteiger partial charge < -0.3 is 15.0 Å². The van der Waals surface area contributed by atoms with E-state index in [2.05, 4.69) is 10.2 Å². The number of carbonyl (C=O) groups excluding carboxylic acids is 1. The number of fused-ring (bicyclic) bond motifs is 1. The van der Waals surface area contributed by atoms with Crippen LogP contribution >= 0.6 is 23.2 Å². The minimum atomic E-state index is 0.0465. The Morgan fingerprint density at radius 2 is 2.14 bits per heavy atom. The molecule has 2 amide bonds. The van der Waals surface area contributed by atoms with Gasteiger partial charge in [0, 0.05) is 43.8 Å². The predicted molar refractivity (Wildman–Crippen MR) is 82.2 cm³/mol. The average molecular weight is 330 g/mol. The van der Waals surface area contributed by atoms with Crippen molar-refractivity contribution in [3.8, 4) is 5.75 Å². The molecule has 0 saturated carbocycles. The third-order valence-electron chi connectivity index (χ3n) is 4.03. The van der Waals surface area contributed by atoms with Crippen molar-refractivity contribution in [2.45, 2.75) is 12.6 Å². The number of halogens is 2. The molecule has 1 unspecified atom stereocenters. The molecule has 1 aromatic rings. The third-order valence-corrected chi connectivity index (χ3v) is 4.68. The molecule has 114 valence electrons. The smallest absolute Gasteiger partial charge is 0.317 e. The van der Waals surface area contributed by atoms with Crippen molar-refractivity contribution in [3.05, 3.63) is 27.7 Å². The quantitative estimate of drug-likeness (QED) is 0.924. The van der Waals surface area contributed by atoms with Crippen LogP contribution in [0.25, 0.3) is 0 Å². The van der Waals surface area contributed by atoms with Crippen molar-refractivity contribution in [2.24, 2.45) is 0 Å². The zero-order valence-electron chi connectivity index (χ0n) is 11.7. The summed E-state index contributed by atoms with van der Waals surface area (Å²) in [7, 11) is 1.57. The molecule has 1 aromatic carbocycles. The number of amides is 2. The Hall–Kier alpha value is -1.17. The fraction of sp³-hybridized carbons (Fsp3) is 0.500. The molecular weight excluding hydrogens is 313 g/mol. The zero-order valence-corrected chi connectivity index (χ0v) is 13.2. The van der Waals surface area contributed by atoms with Gasteiger partial charge in [0.1, 0.15) is 5.75 Å². The van der Waals surface area contributed by atoms with Gasteiger partial charge in [-0.2, -0.15) is 0 Å². The first-order valence-electron chi connectivity index (χ1n) is 6.87. The molecule has 21 heavy (non-hydrogen) atoms. The van der Waals surface area contributed by atoms with E-state index in [9.17, 15) is 4.79 Å². The summed E-state index contributed by atoms with van der Waals surface area (Å²) in [6.07, 6.45) is 0. The van der Waals surface area contributed by atoms with Crippen LogP contribution in [-0.2, 0) is 6.54 Å². The summed E-state index contributed by atoms with van der Waals surface area (Å²) < 4.78 is 5.16. The monoisotopic (exact) mass is 329 g/mol. The number of hydrogen-bond acceptors (Lipinski definition) is 3. The highest BCUT2D eigenvalue weighted by Crippen LogP contribution is 2.32. The number of methoxy groups -OCH3 is 1. The lowest BCUT2D eigenvalue weighted by atomic mass is 10.1. The van der Waals surface area contributed by atoms with Crippen molar-refractivity contribution < 1.29 is 9.53 Å². The highest BCUT2D eigenvalue weighted by atomic mass is 35.5. The Labute approximate surface area is 133 Å². The van der Waals surface area contributed by atoms with Gasteiger partial charge in [0.2, 0.25) is 0 Å². The van der Waals surface area contributed by atoms with Gasteiger partial charge in [-0.25, -0.2) is 4.79 Å². The van der Waals surface area contributed by atoms with Crippen LogP contribution in [0.15, 0.2) is 12.1 Å². The van der Waals surface area contributed by atoms with Crippen LogP contribution in [0.1, 0.15) is 5.56 Å². The maximum atomic E-state index is 11.6. The molecule has 0 aliphatic carbocycles. The Morgan fingerprint density at radius 3 is 2.90 bits per heavy atom. The lowest BCUT2D eigenvalue weighted by molar-refractivity contribution is 0.116. The van der Waals surface area contributed by atoms with Gasteiger partial charge in [-0.3, -0.25) is 4.90 Å². The second-order valence-electron chi connectivity index (χ2n) is 5.35. The van der Waals surface area contributed by atoms with Gasteiger partial charge in [-0.05, 0) is 11.6 Å². The number of urea groups is 1. The maximum absolute atomic E-state index is 11.6. The first-order chi connectivity index (χ1) is 10.1. The molecule has 2 fully saturated rings. The summed E-state index contributed by atoms with van der Waals surface area (Å²) >= 11 is 12.5. The Morgan fingerprint density at radius 1 is 1.33 bits per heavy atom. The number of ether oxygens (including phenoxy) is 1. The Balaban J connectivity index is 1.70. The summed E-state index contributed by atoms with van der Waals surface area (Å²) in [6, 6.07) is 3.90. The van der Waals surface area contributed by atoms with Crippen LogP contribution in [0.2, 0.25) is 10.0 Å². The normalized spacial score (nSPS) is 22.1. The van der Waals surface area contributed by atoms with Crippen LogP contribution < -0.4 is 10.1 Å². The van der Waals surface area contributed by atoms with Crippen LogP contribution in [0.3, 0.4) is 0 Å². The van der Waals surface area contributed by atoms with Crippen molar-refractivity contribution >= 4 is 29.2 Å². The Bertz CT molecular complexity index is 567. The number of nitrogens with one attached hydrogen (secondary N) is 1. The lowest BCUT2D eigenvalue weighted by Gasteiger charge is -2.36. The molecule has 7 heteroatoms. The van der Waals surface area contributed by atoms with Crippen LogP contribution in [0.4, 0.5) is 4.79 Å². The summed E-state index contributed by atoms with van der Waals surface area (Å²) in [5.74, 6) is 0.584. The molecule has 0 aromatic heterocycles. The topological polar surface area (TPSA) is 44.8 Å². The number of rotatable bonds is 3. The third kappa shape index (κ3) is 2.91. The number of piperazine rings is 1. The summed E-state index contributed by atoms with van der Waals surface area (Å²) in [4.78, 5) is 15.8. The average Bonchev–Trinajstić information content (AvgIpc) is 2.83. The molecule has 0 radical (unpaired) electrons. The highest BCUT2D eigenvalue weighted by Gasteiger charge is 2.35. The van der Waals surface area contributed by atoms with Gasteiger partial charge in [-0.1, -0.05) is 23.2 Å². The van der Waals surface area contributed by atoms with E-state index < -0.39 is 0 Å². The van der Waals surface area contributed by atoms with E-state index in [1.54, 1.807) is 13.2 Å². The molecule has 1 N–H and O–H groups in total. The zero-order chi connectivity index (χ0) is 15.0. The molecule has 5 nitrogen and oxygen atoms in total. The highest BCUT2D eigenvalue weighted by molar-refractivity contribution is 6.34. The van der Waals surface area contributed by atoms with E-state index in [1.807, 2.05) is 11.0 Å². The maximum Gasteiger partial charge on any atom is 0.317 e. The molecular formula is C14H17Cl2N3O2. The second-order valence-corrected chi connectivity index (χ2v) is 6.16. The fourth-order valence-corrected chi connectivity index (χ4v) is 3.38. The second kappa shape index (κ2) is 5.91. The first kappa shape index (κ1) is 14.8. The summed E-state index contributed by atoms with van der Waals surface area (Å²) in [5.41, 5.74) is 0.980. The molecule has 3 rings (SSSR count). The molecule has 2 heterocycles. The lowest BCUT2D eigenvalue weighted by Crippen LogP contribution is -2.51. The summed E-state index contributed by atoms with van der Waals surface area (Å²) in [6.45, 7) is 3.87. The fourth-order valence-electron chi connectivity index (χ4n) is 2.90. The SMILES string of the molecule is COc1cc(Cl)c(CN2CCN3C(=O)NCC3C2)cc1Cl. The van der Waals surface area contributed by atoms with Crippen LogP contribution in [0, 0.1) is 0 Å². The van der Waals surface area contributed by atoms with E-state index in [4.69, 9.17) is 27.9 Å². The molecule has 2 aliphatic rings. The number of hydrogen-bond donors (Lipinski definition) is 1. The first-order valence-corrected chi connectivity index (χ1v) is 7.63. The predicted octanol–water partition coefficient (Wildman–Crippen LogP) is 2.21. The van der Waals surface area contributed by atoms with Gasteiger partial charge in [-0.15, -0.1) is 0 Å². The molecule has 0 bridgehead atoms. The Kier molecular flexibility index (Phi) is 4.15. The largest absolute Gasteiger partial charge is 0.495 e. The minimum Gasteiger partial charge on any atom is -0.495 e. The van der Waals surface area contributed by atoms with Crippen molar-refractivity contribution in [3.63, 3.8) is 0 Å². The van der Waals surface area contributed by atoms with Crippen LogP contribution in [0.5, 0.6) is 5.75 Å². The van der Waals surface area contributed by atoms with E-state index in [0.29, 0.717) is 22.3 Å². The number of nitrogens with zero attached hydrogens (tertiary/aromatic N) is 2. The van der Waals surface area contributed by atoms with Crippen molar-refractivity contribution in [1.29, 1.82) is 0 Å². The molecule has 2 aliphatic heterocycles. The minimum absolute atomic E-state index is 0.0465. The molecule has 1 atom stereocenters. The van der Waals surface area contributed by atoms with Gasteiger partial charge in [0.05, 0.1) is 18.2 Å². The van der Waals surface area contributed by atoms with Crippen LogP contribution in [-0.4, -0.2) is 55.2 Å².